The summed E-state index contributed by atoms with van der Waals surface area (Å²) in [4.78, 5) is 34.2. The standard InChI is InChI=1S/C19H21N5O2/c1-23-10-9-20-18(23)17-14(7-8-16(25)24(17)2)22-19(26)15-11-12-5-3-4-6-13(12)21-15/h3-6,9-11,14,17,21H,7-8H2,1-2H3,(H,22,26)/t14-,17-/m1/s1. The second kappa shape index (κ2) is 6.33. The zero-order valence-corrected chi connectivity index (χ0v) is 14.8. The van der Waals surface area contributed by atoms with E-state index in [1.54, 1.807) is 18.1 Å². The summed E-state index contributed by atoms with van der Waals surface area (Å²) in [6.07, 6.45) is 4.55. The Bertz CT molecular complexity index is 940. The third-order valence-electron chi connectivity index (χ3n) is 5.08. The number of H-pyrrole nitrogens is 1. The minimum Gasteiger partial charge on any atom is -0.351 e. The number of carbonyl (C=O) groups excluding carboxylic acids is 2. The number of nitrogens with zero attached hydrogens (tertiary/aromatic N) is 3. The van der Waals surface area contributed by atoms with Crippen molar-refractivity contribution in [1.29, 1.82) is 0 Å². The lowest BCUT2D eigenvalue weighted by molar-refractivity contribution is -0.136. The van der Waals surface area contributed by atoms with Crippen LogP contribution < -0.4 is 5.32 Å². The molecule has 0 spiro atoms. The zero-order chi connectivity index (χ0) is 18.3. The molecular formula is C19H21N5O2. The van der Waals surface area contributed by atoms with Gasteiger partial charge in [0.15, 0.2) is 0 Å². The fourth-order valence-corrected chi connectivity index (χ4v) is 3.65. The fourth-order valence-electron chi connectivity index (χ4n) is 3.65. The summed E-state index contributed by atoms with van der Waals surface area (Å²) in [5.74, 6) is 0.657. The van der Waals surface area contributed by atoms with Crippen LogP contribution >= 0.6 is 0 Å². The maximum absolute atomic E-state index is 12.8. The van der Waals surface area contributed by atoms with Crippen LogP contribution in [-0.2, 0) is 11.8 Å². The molecule has 2 N–H and O–H groups in total. The van der Waals surface area contributed by atoms with Gasteiger partial charge in [-0.05, 0) is 18.6 Å². The maximum Gasteiger partial charge on any atom is 0.268 e. The molecule has 2 aromatic heterocycles. The van der Waals surface area contributed by atoms with Crippen LogP contribution in [0.25, 0.3) is 10.9 Å². The highest BCUT2D eigenvalue weighted by Gasteiger charge is 2.38. The number of para-hydroxylation sites is 1. The van der Waals surface area contributed by atoms with Gasteiger partial charge in [0, 0.05) is 43.8 Å². The van der Waals surface area contributed by atoms with Crippen molar-refractivity contribution < 1.29 is 9.59 Å². The number of piperidine rings is 1. The number of fused-ring (bicyclic) bond motifs is 1. The van der Waals surface area contributed by atoms with E-state index in [0.717, 1.165) is 16.7 Å². The van der Waals surface area contributed by atoms with E-state index >= 15 is 0 Å². The summed E-state index contributed by atoms with van der Waals surface area (Å²) in [6, 6.07) is 9.14. The monoisotopic (exact) mass is 351 g/mol. The van der Waals surface area contributed by atoms with Gasteiger partial charge >= 0.3 is 0 Å². The smallest absolute Gasteiger partial charge is 0.268 e. The van der Waals surface area contributed by atoms with Gasteiger partial charge in [-0.25, -0.2) is 4.98 Å². The molecular weight excluding hydrogens is 330 g/mol. The van der Waals surface area contributed by atoms with Crippen LogP contribution in [0.4, 0.5) is 0 Å². The average Bonchev–Trinajstić information content (AvgIpc) is 3.24. The number of rotatable bonds is 3. The highest BCUT2D eigenvalue weighted by Crippen LogP contribution is 2.30. The largest absolute Gasteiger partial charge is 0.351 e. The molecule has 0 bridgehead atoms. The molecule has 4 rings (SSSR count). The van der Waals surface area contributed by atoms with Crippen molar-refractivity contribution >= 4 is 22.7 Å². The maximum atomic E-state index is 12.8. The molecule has 3 heterocycles. The molecule has 3 aromatic rings. The van der Waals surface area contributed by atoms with E-state index in [9.17, 15) is 9.59 Å². The predicted molar refractivity (Wildman–Crippen MR) is 97.5 cm³/mol. The highest BCUT2D eigenvalue weighted by atomic mass is 16.2. The van der Waals surface area contributed by atoms with Crippen LogP contribution in [-0.4, -0.2) is 44.3 Å². The number of aryl methyl sites for hydroxylation is 1. The summed E-state index contributed by atoms with van der Waals surface area (Å²) >= 11 is 0. The second-order valence-corrected chi connectivity index (χ2v) is 6.73. The van der Waals surface area contributed by atoms with Gasteiger partial charge in [0.1, 0.15) is 17.6 Å². The number of aromatic nitrogens is 3. The first-order valence-corrected chi connectivity index (χ1v) is 8.66. The number of amides is 2. The van der Waals surface area contributed by atoms with Gasteiger partial charge in [-0.1, -0.05) is 18.2 Å². The number of benzene rings is 1. The molecule has 0 aliphatic carbocycles. The first-order chi connectivity index (χ1) is 12.5. The Morgan fingerprint density at radius 1 is 1.31 bits per heavy atom. The quantitative estimate of drug-likeness (QED) is 0.757. The Kier molecular flexibility index (Phi) is 3.99. The Hall–Kier alpha value is -3.09. The van der Waals surface area contributed by atoms with E-state index < -0.39 is 0 Å². The number of imidazole rings is 1. The predicted octanol–water partition coefficient (Wildman–Crippen LogP) is 1.99. The lowest BCUT2D eigenvalue weighted by atomic mass is 9.95. The fraction of sp³-hybridized carbons (Fsp3) is 0.316. The molecule has 2 atom stereocenters. The Balaban J connectivity index is 1.61. The van der Waals surface area contributed by atoms with Crippen molar-refractivity contribution in [2.45, 2.75) is 24.9 Å². The SMILES string of the molecule is CN1C(=O)CC[C@@H](NC(=O)c2cc3ccccc3[nH]2)[C@@H]1c1nccn1C. The molecule has 0 radical (unpaired) electrons. The number of nitrogens with one attached hydrogen (secondary N) is 2. The number of hydrogen-bond acceptors (Lipinski definition) is 3. The van der Waals surface area contributed by atoms with Crippen LogP contribution in [0.2, 0.25) is 0 Å². The second-order valence-electron chi connectivity index (χ2n) is 6.73. The van der Waals surface area contributed by atoms with Crippen molar-refractivity contribution in [2.75, 3.05) is 7.05 Å². The minimum atomic E-state index is -0.287. The zero-order valence-electron chi connectivity index (χ0n) is 14.8. The van der Waals surface area contributed by atoms with Crippen molar-refractivity contribution in [3.63, 3.8) is 0 Å². The molecule has 1 aliphatic rings. The average molecular weight is 351 g/mol. The number of aromatic amines is 1. The molecule has 1 saturated heterocycles. The van der Waals surface area contributed by atoms with Gasteiger partial charge < -0.3 is 19.8 Å². The number of likely N-dealkylation sites (N-methyl/N-ethyl adjacent to an activating group) is 1. The normalized spacial score (nSPS) is 20.5. The van der Waals surface area contributed by atoms with Gasteiger partial charge in [0.2, 0.25) is 5.91 Å². The first kappa shape index (κ1) is 16.4. The van der Waals surface area contributed by atoms with Crippen LogP contribution in [0.5, 0.6) is 0 Å². The van der Waals surface area contributed by atoms with Crippen molar-refractivity contribution in [1.82, 2.24) is 24.8 Å². The van der Waals surface area contributed by atoms with Crippen LogP contribution in [0, 0.1) is 0 Å². The topological polar surface area (TPSA) is 83.0 Å². The molecule has 2 amide bonds. The van der Waals surface area contributed by atoms with Gasteiger partial charge in [-0.3, -0.25) is 9.59 Å². The van der Waals surface area contributed by atoms with Crippen molar-refractivity contribution in [3.05, 3.63) is 54.2 Å². The summed E-state index contributed by atoms with van der Waals surface area (Å²) in [6.45, 7) is 0. The molecule has 1 fully saturated rings. The summed E-state index contributed by atoms with van der Waals surface area (Å²) in [7, 11) is 3.66. The minimum absolute atomic E-state index is 0.0640. The van der Waals surface area contributed by atoms with E-state index in [-0.39, 0.29) is 23.9 Å². The lowest BCUT2D eigenvalue weighted by Gasteiger charge is -2.38. The molecule has 1 aromatic carbocycles. The number of hydrogen-bond donors (Lipinski definition) is 2. The van der Waals surface area contributed by atoms with E-state index in [4.69, 9.17) is 0 Å². The van der Waals surface area contributed by atoms with Gasteiger partial charge in [0.25, 0.3) is 5.91 Å². The number of likely N-dealkylation sites (tertiary alicyclic amines) is 1. The number of carbonyl (C=O) groups is 2. The van der Waals surface area contributed by atoms with Crippen LogP contribution in [0.1, 0.15) is 35.2 Å². The highest BCUT2D eigenvalue weighted by molar-refractivity contribution is 5.98. The summed E-state index contributed by atoms with van der Waals surface area (Å²) < 4.78 is 1.89. The van der Waals surface area contributed by atoms with Crippen molar-refractivity contribution in [2.24, 2.45) is 7.05 Å². The summed E-state index contributed by atoms with van der Waals surface area (Å²) in [5, 5.41) is 4.09. The van der Waals surface area contributed by atoms with Gasteiger partial charge in [-0.2, -0.15) is 0 Å². The van der Waals surface area contributed by atoms with Crippen LogP contribution in [0.3, 0.4) is 0 Å². The van der Waals surface area contributed by atoms with E-state index in [2.05, 4.69) is 15.3 Å². The molecule has 0 saturated carbocycles. The first-order valence-electron chi connectivity index (χ1n) is 8.66. The van der Waals surface area contributed by atoms with E-state index in [0.29, 0.717) is 18.5 Å². The lowest BCUT2D eigenvalue weighted by Crippen LogP contribution is -2.51. The Morgan fingerprint density at radius 3 is 2.85 bits per heavy atom. The molecule has 1 aliphatic heterocycles. The van der Waals surface area contributed by atoms with E-state index in [1.807, 2.05) is 48.1 Å². The molecule has 0 unspecified atom stereocenters. The van der Waals surface area contributed by atoms with Crippen molar-refractivity contribution in [3.8, 4) is 0 Å². The third kappa shape index (κ3) is 2.75. The van der Waals surface area contributed by atoms with Gasteiger partial charge in [0.05, 0.1) is 6.04 Å². The van der Waals surface area contributed by atoms with Crippen LogP contribution in [0.15, 0.2) is 42.7 Å². The summed E-state index contributed by atoms with van der Waals surface area (Å²) in [5.41, 5.74) is 1.44. The molecule has 26 heavy (non-hydrogen) atoms. The van der Waals surface area contributed by atoms with E-state index in [1.165, 1.54) is 0 Å². The third-order valence-corrected chi connectivity index (χ3v) is 5.08. The Morgan fingerprint density at radius 2 is 2.12 bits per heavy atom. The Labute approximate surface area is 151 Å². The molecule has 7 nitrogen and oxygen atoms in total. The molecule has 134 valence electrons. The molecule has 7 heteroatoms. The van der Waals surface area contributed by atoms with Gasteiger partial charge in [-0.15, -0.1) is 0 Å².